The molecule has 0 aliphatic heterocycles. The zero-order valence-electron chi connectivity index (χ0n) is 22.5. The maximum atomic E-state index is 13.2. The molecule has 0 radical (unpaired) electrons. The standard InChI is InChI=1S/C26H42N6O7/c1-15(2)13-21(26(38)39)32-24(36)19(5-3-4-12-27)31-25(37)20(10-11-22(29)34)30-23(35)18(28)14-16-6-8-17(33)9-7-16/h6-9,15,18-21,33H,3-5,10-14,27-28H2,1-2H3,(H2,29,34)(H,30,35)(H,31,37)(H,32,36)(H,38,39). The molecule has 0 aliphatic rings. The summed E-state index contributed by atoms with van der Waals surface area (Å²) in [5.41, 5.74) is 17.5. The highest BCUT2D eigenvalue weighted by Crippen LogP contribution is 2.12. The second-order valence-corrected chi connectivity index (χ2v) is 9.92. The fourth-order valence-corrected chi connectivity index (χ4v) is 3.81. The average molecular weight is 551 g/mol. The number of carboxylic acid groups (broad SMARTS) is 1. The van der Waals surface area contributed by atoms with E-state index in [-0.39, 0.29) is 43.8 Å². The maximum Gasteiger partial charge on any atom is 0.326 e. The molecule has 4 amide bonds. The highest BCUT2D eigenvalue weighted by Gasteiger charge is 2.30. The summed E-state index contributed by atoms with van der Waals surface area (Å²) >= 11 is 0. The van der Waals surface area contributed by atoms with Gasteiger partial charge >= 0.3 is 5.97 Å². The van der Waals surface area contributed by atoms with E-state index in [2.05, 4.69) is 16.0 Å². The van der Waals surface area contributed by atoms with Gasteiger partial charge in [-0.2, -0.15) is 0 Å². The number of nitrogens with two attached hydrogens (primary N) is 3. The summed E-state index contributed by atoms with van der Waals surface area (Å²) in [6, 6.07) is 1.60. The average Bonchev–Trinajstić information content (AvgIpc) is 2.86. The largest absolute Gasteiger partial charge is 0.508 e. The number of aromatic hydroxyl groups is 1. The molecule has 0 saturated carbocycles. The summed E-state index contributed by atoms with van der Waals surface area (Å²) in [6.45, 7) is 4.01. The first-order chi connectivity index (χ1) is 18.3. The molecule has 13 heteroatoms. The van der Waals surface area contributed by atoms with Gasteiger partial charge in [0.15, 0.2) is 0 Å². The van der Waals surface area contributed by atoms with E-state index in [1.54, 1.807) is 12.1 Å². The van der Waals surface area contributed by atoms with Crippen LogP contribution >= 0.6 is 0 Å². The van der Waals surface area contributed by atoms with Gasteiger partial charge < -0.3 is 43.4 Å². The van der Waals surface area contributed by atoms with E-state index >= 15 is 0 Å². The smallest absolute Gasteiger partial charge is 0.326 e. The Morgan fingerprint density at radius 1 is 0.846 bits per heavy atom. The van der Waals surface area contributed by atoms with E-state index in [1.807, 2.05) is 13.8 Å². The highest BCUT2D eigenvalue weighted by molar-refractivity contribution is 5.94. The van der Waals surface area contributed by atoms with E-state index in [9.17, 15) is 34.2 Å². The van der Waals surface area contributed by atoms with Crippen LogP contribution in [0.2, 0.25) is 0 Å². The molecule has 0 bridgehead atoms. The molecular weight excluding hydrogens is 508 g/mol. The van der Waals surface area contributed by atoms with Crippen molar-refractivity contribution in [1.29, 1.82) is 0 Å². The van der Waals surface area contributed by atoms with E-state index in [4.69, 9.17) is 17.2 Å². The zero-order valence-corrected chi connectivity index (χ0v) is 22.5. The number of aliphatic carboxylic acids is 1. The quantitative estimate of drug-likeness (QED) is 0.107. The Balaban J connectivity index is 3.01. The number of nitrogens with one attached hydrogen (secondary N) is 3. The van der Waals surface area contributed by atoms with Crippen molar-refractivity contribution in [2.75, 3.05) is 6.54 Å². The minimum atomic E-state index is -1.23. The van der Waals surface area contributed by atoms with Crippen LogP contribution in [0.25, 0.3) is 0 Å². The zero-order chi connectivity index (χ0) is 29.5. The number of hydrogen-bond donors (Lipinski definition) is 8. The minimum Gasteiger partial charge on any atom is -0.508 e. The molecule has 1 rings (SSSR count). The molecule has 0 aliphatic carbocycles. The van der Waals surface area contributed by atoms with Crippen LogP contribution < -0.4 is 33.2 Å². The number of amides is 4. The highest BCUT2D eigenvalue weighted by atomic mass is 16.4. The third-order valence-corrected chi connectivity index (χ3v) is 5.94. The van der Waals surface area contributed by atoms with E-state index < -0.39 is 53.8 Å². The van der Waals surface area contributed by atoms with E-state index in [1.165, 1.54) is 12.1 Å². The fourth-order valence-electron chi connectivity index (χ4n) is 3.81. The molecule has 4 unspecified atom stereocenters. The Morgan fingerprint density at radius 2 is 1.38 bits per heavy atom. The Bertz CT molecular complexity index is 970. The Morgan fingerprint density at radius 3 is 1.90 bits per heavy atom. The van der Waals surface area contributed by atoms with Crippen LogP contribution in [-0.2, 0) is 30.4 Å². The minimum absolute atomic E-state index is 0.00383. The lowest BCUT2D eigenvalue weighted by molar-refractivity contribution is -0.142. The summed E-state index contributed by atoms with van der Waals surface area (Å²) in [5.74, 6) is -3.93. The van der Waals surface area contributed by atoms with Gasteiger partial charge in [0.05, 0.1) is 6.04 Å². The van der Waals surface area contributed by atoms with E-state index in [0.29, 0.717) is 24.9 Å². The molecule has 0 fully saturated rings. The predicted octanol–water partition coefficient (Wildman–Crippen LogP) is -0.758. The fraction of sp³-hybridized carbons (Fsp3) is 0.577. The van der Waals surface area contributed by atoms with Gasteiger partial charge in [-0.3, -0.25) is 19.2 Å². The van der Waals surface area contributed by atoms with Crippen molar-refractivity contribution in [3.8, 4) is 5.75 Å². The van der Waals surface area contributed by atoms with Crippen molar-refractivity contribution < 1.29 is 34.2 Å². The number of phenols is 1. The first-order valence-corrected chi connectivity index (χ1v) is 13.0. The summed E-state index contributed by atoms with van der Waals surface area (Å²) in [4.78, 5) is 62.0. The first-order valence-electron chi connectivity index (χ1n) is 13.0. The van der Waals surface area contributed by atoms with Crippen molar-refractivity contribution in [2.24, 2.45) is 23.1 Å². The Kier molecular flexibility index (Phi) is 14.5. The van der Waals surface area contributed by atoms with Crippen LogP contribution in [0.15, 0.2) is 24.3 Å². The lowest BCUT2D eigenvalue weighted by Crippen LogP contribution is -2.57. The number of hydrogen-bond acceptors (Lipinski definition) is 8. The topological polar surface area (TPSA) is 240 Å². The van der Waals surface area contributed by atoms with Gasteiger partial charge in [0.1, 0.15) is 23.9 Å². The van der Waals surface area contributed by atoms with Gasteiger partial charge in [-0.15, -0.1) is 0 Å². The molecule has 4 atom stereocenters. The molecule has 0 saturated heterocycles. The van der Waals surface area contributed by atoms with Crippen LogP contribution in [-0.4, -0.2) is 70.5 Å². The SMILES string of the molecule is CC(C)CC(NC(=O)C(CCCCN)NC(=O)C(CCC(N)=O)NC(=O)C(N)Cc1ccc(O)cc1)C(=O)O. The lowest BCUT2D eigenvalue weighted by Gasteiger charge is -2.25. The number of carboxylic acids is 1. The van der Waals surface area contributed by atoms with Crippen molar-refractivity contribution in [1.82, 2.24) is 16.0 Å². The van der Waals surface area contributed by atoms with Gasteiger partial charge in [0.25, 0.3) is 0 Å². The number of benzene rings is 1. The number of unbranched alkanes of at least 4 members (excludes halogenated alkanes) is 1. The predicted molar refractivity (Wildman–Crippen MR) is 144 cm³/mol. The molecule has 1 aromatic rings. The molecule has 0 aromatic heterocycles. The lowest BCUT2D eigenvalue weighted by atomic mass is 10.0. The first kappa shape index (κ1) is 33.3. The van der Waals surface area contributed by atoms with Gasteiger partial charge in [0.2, 0.25) is 23.6 Å². The van der Waals surface area contributed by atoms with Gasteiger partial charge in [0, 0.05) is 6.42 Å². The molecular formula is C26H42N6O7. The number of primary amides is 1. The van der Waals surface area contributed by atoms with Crippen molar-refractivity contribution in [2.45, 2.75) is 83.0 Å². The molecule has 218 valence electrons. The Hall–Kier alpha value is -3.71. The number of carbonyl (C=O) groups excluding carboxylic acids is 4. The number of rotatable bonds is 18. The molecule has 0 heterocycles. The van der Waals surface area contributed by atoms with Crippen LogP contribution in [0.4, 0.5) is 0 Å². The van der Waals surface area contributed by atoms with Crippen LogP contribution in [0, 0.1) is 5.92 Å². The van der Waals surface area contributed by atoms with Crippen molar-refractivity contribution in [3.63, 3.8) is 0 Å². The second kappa shape index (κ2) is 17.0. The summed E-state index contributed by atoms with van der Waals surface area (Å²) in [6.07, 6.45) is 1.19. The molecule has 11 N–H and O–H groups in total. The van der Waals surface area contributed by atoms with Crippen LogP contribution in [0.1, 0.15) is 57.9 Å². The molecule has 39 heavy (non-hydrogen) atoms. The third kappa shape index (κ3) is 13.1. The van der Waals surface area contributed by atoms with E-state index in [0.717, 1.165) is 0 Å². The number of phenolic OH excluding ortho intramolecular Hbond substituents is 1. The van der Waals surface area contributed by atoms with Gasteiger partial charge in [-0.05, 0) is 68.7 Å². The normalized spacial score (nSPS) is 14.1. The van der Waals surface area contributed by atoms with Gasteiger partial charge in [-0.1, -0.05) is 26.0 Å². The third-order valence-electron chi connectivity index (χ3n) is 5.94. The van der Waals surface area contributed by atoms with Crippen LogP contribution in [0.5, 0.6) is 5.75 Å². The molecule has 13 nitrogen and oxygen atoms in total. The summed E-state index contributed by atoms with van der Waals surface area (Å²) in [5, 5.41) is 26.5. The summed E-state index contributed by atoms with van der Waals surface area (Å²) < 4.78 is 0. The second-order valence-electron chi connectivity index (χ2n) is 9.92. The molecule has 0 spiro atoms. The monoisotopic (exact) mass is 550 g/mol. The molecule has 1 aromatic carbocycles. The summed E-state index contributed by atoms with van der Waals surface area (Å²) in [7, 11) is 0. The van der Waals surface area contributed by atoms with Crippen molar-refractivity contribution >= 4 is 29.6 Å². The van der Waals surface area contributed by atoms with Gasteiger partial charge in [-0.25, -0.2) is 4.79 Å². The Labute approximate surface area is 228 Å². The van der Waals surface area contributed by atoms with Crippen molar-refractivity contribution in [3.05, 3.63) is 29.8 Å². The number of carbonyl (C=O) groups is 5. The maximum absolute atomic E-state index is 13.2. The van der Waals surface area contributed by atoms with Crippen LogP contribution in [0.3, 0.4) is 0 Å².